The van der Waals surface area contributed by atoms with Gasteiger partial charge in [0.05, 0.1) is 0 Å². The van der Waals surface area contributed by atoms with Crippen molar-refractivity contribution in [3.63, 3.8) is 0 Å². The second-order valence-corrected chi connectivity index (χ2v) is 5.69. The fourth-order valence-corrected chi connectivity index (χ4v) is 2.43. The zero-order chi connectivity index (χ0) is 17.1. The highest BCUT2D eigenvalue weighted by atomic mass is 35.5. The van der Waals surface area contributed by atoms with Gasteiger partial charge in [0.25, 0.3) is 0 Å². The first kappa shape index (κ1) is 16.1. The Balaban J connectivity index is 1.82. The lowest BCUT2D eigenvalue weighted by atomic mass is 9.98. The van der Waals surface area contributed by atoms with Gasteiger partial charge in [-0.1, -0.05) is 35.9 Å². The van der Waals surface area contributed by atoms with E-state index in [1.165, 1.54) is 24.3 Å². The summed E-state index contributed by atoms with van der Waals surface area (Å²) < 4.78 is 12.9. The van der Waals surface area contributed by atoms with Crippen molar-refractivity contribution < 1.29 is 14.0 Å². The fourth-order valence-electron chi connectivity index (χ4n) is 2.31. The lowest BCUT2D eigenvalue weighted by Crippen LogP contribution is -2.04. The first-order valence-electron chi connectivity index (χ1n) is 7.25. The van der Waals surface area contributed by atoms with Crippen molar-refractivity contribution in [1.82, 2.24) is 0 Å². The van der Waals surface area contributed by atoms with E-state index in [9.17, 15) is 14.0 Å². The molecule has 3 aromatic carbocycles. The zero-order valence-electron chi connectivity index (χ0n) is 12.5. The normalized spacial score (nSPS) is 10.4. The van der Waals surface area contributed by atoms with Crippen LogP contribution in [0.4, 0.5) is 4.39 Å². The molecule has 0 bridgehead atoms. The van der Waals surface area contributed by atoms with E-state index in [-0.39, 0.29) is 11.6 Å². The van der Waals surface area contributed by atoms with Crippen molar-refractivity contribution in [2.24, 2.45) is 0 Å². The molecule has 3 rings (SSSR count). The van der Waals surface area contributed by atoms with Crippen molar-refractivity contribution in [3.05, 3.63) is 106 Å². The van der Waals surface area contributed by atoms with E-state index >= 15 is 0 Å². The number of halogens is 2. The van der Waals surface area contributed by atoms with Crippen molar-refractivity contribution in [2.45, 2.75) is 0 Å². The molecule has 0 unspecified atom stereocenters. The minimum Gasteiger partial charge on any atom is -0.289 e. The zero-order valence-corrected chi connectivity index (χ0v) is 13.3. The van der Waals surface area contributed by atoms with Crippen molar-refractivity contribution in [2.75, 3.05) is 0 Å². The smallest absolute Gasteiger partial charge is 0.193 e. The Labute approximate surface area is 143 Å². The molecule has 0 N–H and O–H groups in total. The molecule has 2 nitrogen and oxygen atoms in total. The molecular weight excluding hydrogens is 327 g/mol. The molecule has 0 aliphatic heterocycles. The van der Waals surface area contributed by atoms with E-state index in [0.29, 0.717) is 27.3 Å². The molecule has 0 radical (unpaired) electrons. The summed E-state index contributed by atoms with van der Waals surface area (Å²) in [4.78, 5) is 24.7. The average molecular weight is 339 g/mol. The van der Waals surface area contributed by atoms with Crippen LogP contribution in [0.2, 0.25) is 5.02 Å². The molecule has 0 aliphatic carbocycles. The monoisotopic (exact) mass is 338 g/mol. The Bertz CT molecular complexity index is 806. The summed E-state index contributed by atoms with van der Waals surface area (Å²) in [6.45, 7) is 0. The number of hydrogen-bond donors (Lipinski definition) is 0. The van der Waals surface area contributed by atoms with Crippen LogP contribution in [-0.2, 0) is 0 Å². The van der Waals surface area contributed by atoms with E-state index in [0.717, 1.165) is 0 Å². The Morgan fingerprint density at radius 3 is 1.25 bits per heavy atom. The predicted octanol–water partition coefficient (Wildman–Crippen LogP) is 4.94. The van der Waals surface area contributed by atoms with Crippen LogP contribution in [0.25, 0.3) is 0 Å². The number of hydrogen-bond acceptors (Lipinski definition) is 2. The Hall–Kier alpha value is -2.78. The molecule has 3 aromatic rings. The van der Waals surface area contributed by atoms with Crippen LogP contribution in [-0.4, -0.2) is 11.6 Å². The summed E-state index contributed by atoms with van der Waals surface area (Å²) in [6.07, 6.45) is 0. The van der Waals surface area contributed by atoms with Crippen LogP contribution in [0.15, 0.2) is 72.8 Å². The standard InChI is InChI=1S/C20H12ClFO2/c21-17-9-5-15(6-10-17)19(23)13-1-3-14(4-2-13)20(24)16-7-11-18(22)12-8-16/h1-12H. The number of carbonyl (C=O) groups is 2. The van der Waals surface area contributed by atoms with E-state index in [1.807, 2.05) is 0 Å². The summed E-state index contributed by atoms with van der Waals surface area (Å²) in [5, 5.41) is 0.562. The summed E-state index contributed by atoms with van der Waals surface area (Å²) in [5.41, 5.74) is 1.84. The summed E-state index contributed by atoms with van der Waals surface area (Å²) in [6, 6.07) is 18.4. The highest BCUT2D eigenvalue weighted by Gasteiger charge is 2.12. The molecule has 0 fully saturated rings. The van der Waals surface area contributed by atoms with E-state index in [2.05, 4.69) is 0 Å². The molecule has 4 heteroatoms. The average Bonchev–Trinajstić information content (AvgIpc) is 2.62. The number of carbonyl (C=O) groups excluding carboxylic acids is 2. The highest BCUT2D eigenvalue weighted by Crippen LogP contribution is 2.16. The Kier molecular flexibility index (Phi) is 4.54. The molecule has 24 heavy (non-hydrogen) atoms. The van der Waals surface area contributed by atoms with Crippen molar-refractivity contribution in [3.8, 4) is 0 Å². The Morgan fingerprint density at radius 2 is 0.875 bits per heavy atom. The van der Waals surface area contributed by atoms with Crippen LogP contribution >= 0.6 is 11.6 Å². The van der Waals surface area contributed by atoms with Crippen LogP contribution in [0.1, 0.15) is 31.8 Å². The maximum Gasteiger partial charge on any atom is 0.193 e. The van der Waals surface area contributed by atoms with Gasteiger partial charge in [0.15, 0.2) is 11.6 Å². The molecular formula is C20H12ClFO2. The molecule has 0 aliphatic rings. The van der Waals surface area contributed by atoms with Gasteiger partial charge in [-0.15, -0.1) is 0 Å². The van der Waals surface area contributed by atoms with Gasteiger partial charge >= 0.3 is 0 Å². The number of rotatable bonds is 4. The third-order valence-electron chi connectivity index (χ3n) is 3.62. The fraction of sp³-hybridized carbons (Fsp3) is 0. The first-order valence-corrected chi connectivity index (χ1v) is 7.63. The number of ketones is 2. The Morgan fingerprint density at radius 1 is 0.583 bits per heavy atom. The summed E-state index contributed by atoms with van der Waals surface area (Å²) in [5.74, 6) is -0.761. The molecule has 0 heterocycles. The number of benzene rings is 3. The van der Waals surface area contributed by atoms with Crippen LogP contribution < -0.4 is 0 Å². The van der Waals surface area contributed by atoms with E-state index in [4.69, 9.17) is 11.6 Å². The summed E-state index contributed by atoms with van der Waals surface area (Å²) in [7, 11) is 0. The van der Waals surface area contributed by atoms with Crippen molar-refractivity contribution >= 4 is 23.2 Å². The minimum absolute atomic E-state index is 0.146. The maximum atomic E-state index is 12.9. The van der Waals surface area contributed by atoms with Gasteiger partial charge in [-0.2, -0.15) is 0 Å². The second-order valence-electron chi connectivity index (χ2n) is 5.25. The molecule has 0 atom stereocenters. The first-order chi connectivity index (χ1) is 11.5. The van der Waals surface area contributed by atoms with Gasteiger partial charge in [0.1, 0.15) is 5.82 Å². The van der Waals surface area contributed by atoms with Gasteiger partial charge in [0.2, 0.25) is 0 Å². The van der Waals surface area contributed by atoms with Crippen molar-refractivity contribution in [1.29, 1.82) is 0 Å². The minimum atomic E-state index is -0.393. The molecule has 0 saturated heterocycles. The third kappa shape index (κ3) is 3.42. The van der Waals surface area contributed by atoms with Crippen LogP contribution in [0, 0.1) is 5.82 Å². The van der Waals surface area contributed by atoms with E-state index < -0.39 is 5.82 Å². The van der Waals surface area contributed by atoms with Gasteiger partial charge in [0, 0.05) is 27.3 Å². The van der Waals surface area contributed by atoms with Gasteiger partial charge < -0.3 is 0 Å². The second kappa shape index (κ2) is 6.77. The molecule has 0 spiro atoms. The molecule has 118 valence electrons. The van der Waals surface area contributed by atoms with Crippen LogP contribution in [0.5, 0.6) is 0 Å². The SMILES string of the molecule is O=C(c1ccc(F)cc1)c1ccc(C(=O)c2ccc(Cl)cc2)cc1. The lowest BCUT2D eigenvalue weighted by molar-refractivity contribution is 0.102. The predicted molar refractivity (Wildman–Crippen MR) is 91.2 cm³/mol. The largest absolute Gasteiger partial charge is 0.289 e. The molecule has 0 aromatic heterocycles. The quantitative estimate of drug-likeness (QED) is 0.631. The van der Waals surface area contributed by atoms with Gasteiger partial charge in [-0.25, -0.2) is 4.39 Å². The molecule has 0 amide bonds. The lowest BCUT2D eigenvalue weighted by Gasteiger charge is -2.04. The van der Waals surface area contributed by atoms with Gasteiger partial charge in [-0.3, -0.25) is 9.59 Å². The maximum absolute atomic E-state index is 12.9. The summed E-state index contributed by atoms with van der Waals surface area (Å²) >= 11 is 5.81. The third-order valence-corrected chi connectivity index (χ3v) is 3.87. The highest BCUT2D eigenvalue weighted by molar-refractivity contribution is 6.30. The van der Waals surface area contributed by atoms with E-state index in [1.54, 1.807) is 48.5 Å². The van der Waals surface area contributed by atoms with Gasteiger partial charge in [-0.05, 0) is 48.5 Å². The molecule has 0 saturated carbocycles. The van der Waals surface area contributed by atoms with Crippen LogP contribution in [0.3, 0.4) is 0 Å². The topological polar surface area (TPSA) is 34.1 Å².